The second-order valence-electron chi connectivity index (χ2n) is 2.63. The smallest absolute Gasteiger partial charge is 0.407 e. The molecule has 0 radical (unpaired) electrons. The van der Waals surface area contributed by atoms with E-state index in [4.69, 9.17) is 10.5 Å². The Bertz CT molecular complexity index is 148. The van der Waals surface area contributed by atoms with Crippen molar-refractivity contribution in [2.45, 2.75) is 12.5 Å². The van der Waals surface area contributed by atoms with Crippen LogP contribution in [0.1, 0.15) is 6.42 Å². The Kier molecular flexibility index (Phi) is 4.24. The third-order valence-electron chi connectivity index (χ3n) is 1.60. The molecule has 1 fully saturated rings. The fraction of sp³-hybridized carbons (Fsp3) is 0.857. The third-order valence-corrected chi connectivity index (χ3v) is 2.77. The lowest BCUT2D eigenvalue weighted by Gasteiger charge is -2.10. The fourth-order valence-electron chi connectivity index (χ4n) is 1.01. The van der Waals surface area contributed by atoms with Gasteiger partial charge in [-0.1, -0.05) is 0 Å². The maximum Gasteiger partial charge on any atom is 0.407 e. The number of carbonyl (C=O) groups excluding carboxylic acids is 1. The average molecular weight is 190 g/mol. The van der Waals surface area contributed by atoms with Crippen molar-refractivity contribution < 1.29 is 9.53 Å². The summed E-state index contributed by atoms with van der Waals surface area (Å²) in [5.41, 5.74) is 5.18. The zero-order valence-corrected chi connectivity index (χ0v) is 7.73. The molecule has 0 bridgehead atoms. The van der Waals surface area contributed by atoms with Gasteiger partial charge in [0.25, 0.3) is 0 Å². The van der Waals surface area contributed by atoms with Gasteiger partial charge in [-0.3, -0.25) is 0 Å². The molecule has 0 aromatic heterocycles. The summed E-state index contributed by atoms with van der Waals surface area (Å²) in [5, 5.41) is 2.78. The van der Waals surface area contributed by atoms with Crippen molar-refractivity contribution in [3.05, 3.63) is 0 Å². The van der Waals surface area contributed by atoms with Crippen LogP contribution in [0.25, 0.3) is 0 Å². The highest BCUT2D eigenvalue weighted by Crippen LogP contribution is 2.16. The molecule has 0 aromatic carbocycles. The van der Waals surface area contributed by atoms with Gasteiger partial charge in [-0.05, 0) is 12.2 Å². The van der Waals surface area contributed by atoms with Crippen LogP contribution in [0.5, 0.6) is 0 Å². The highest BCUT2D eigenvalue weighted by molar-refractivity contribution is 7.99. The van der Waals surface area contributed by atoms with Crippen molar-refractivity contribution in [1.82, 2.24) is 5.32 Å². The number of thioether (sulfide) groups is 1. The molecule has 1 atom stereocenters. The third kappa shape index (κ3) is 3.32. The molecular weight excluding hydrogens is 176 g/mol. The highest BCUT2D eigenvalue weighted by atomic mass is 32.2. The van der Waals surface area contributed by atoms with Crippen LogP contribution >= 0.6 is 11.8 Å². The minimum absolute atomic E-state index is 0.292. The summed E-state index contributed by atoms with van der Waals surface area (Å²) in [5.74, 6) is 2.12. The summed E-state index contributed by atoms with van der Waals surface area (Å²) in [4.78, 5) is 11.0. The van der Waals surface area contributed by atoms with Crippen molar-refractivity contribution in [3.63, 3.8) is 0 Å². The average Bonchev–Trinajstić information content (AvgIpc) is 2.53. The standard InChI is InChI=1S/C7H14N2O2S/c8-2-3-11-7(10)9-6-1-4-12-5-6/h6H,1-5,8H2,(H,9,10). The van der Waals surface area contributed by atoms with E-state index in [0.29, 0.717) is 19.2 Å². The van der Waals surface area contributed by atoms with E-state index >= 15 is 0 Å². The van der Waals surface area contributed by atoms with Gasteiger partial charge in [0.2, 0.25) is 0 Å². The van der Waals surface area contributed by atoms with Gasteiger partial charge < -0.3 is 15.8 Å². The number of ether oxygens (including phenoxy) is 1. The number of hydrogen-bond acceptors (Lipinski definition) is 4. The SMILES string of the molecule is NCCOC(=O)NC1CCSC1. The number of nitrogens with one attached hydrogen (secondary N) is 1. The highest BCUT2D eigenvalue weighted by Gasteiger charge is 2.17. The van der Waals surface area contributed by atoms with Crippen LogP contribution in [0.2, 0.25) is 0 Å². The molecule has 0 aliphatic carbocycles. The maximum absolute atomic E-state index is 11.0. The quantitative estimate of drug-likeness (QED) is 0.666. The van der Waals surface area contributed by atoms with E-state index in [-0.39, 0.29) is 6.09 Å². The topological polar surface area (TPSA) is 64.3 Å². The Morgan fingerprint density at radius 3 is 3.17 bits per heavy atom. The first-order valence-electron chi connectivity index (χ1n) is 4.04. The first kappa shape index (κ1) is 9.67. The largest absolute Gasteiger partial charge is 0.448 e. The van der Waals surface area contributed by atoms with E-state index in [1.807, 2.05) is 11.8 Å². The lowest BCUT2D eigenvalue weighted by Crippen LogP contribution is -2.35. The number of hydrogen-bond donors (Lipinski definition) is 2. The Balaban J connectivity index is 2.08. The van der Waals surface area contributed by atoms with Gasteiger partial charge in [0, 0.05) is 18.3 Å². The number of carbonyl (C=O) groups is 1. The monoisotopic (exact) mass is 190 g/mol. The van der Waals surface area contributed by atoms with Gasteiger partial charge >= 0.3 is 6.09 Å². The van der Waals surface area contributed by atoms with Crippen LogP contribution in [0.3, 0.4) is 0 Å². The Labute approximate surface area is 76.2 Å². The summed E-state index contributed by atoms with van der Waals surface area (Å²) < 4.78 is 4.77. The number of rotatable bonds is 3. The molecule has 12 heavy (non-hydrogen) atoms. The number of nitrogens with two attached hydrogens (primary N) is 1. The second-order valence-corrected chi connectivity index (χ2v) is 3.78. The minimum atomic E-state index is -0.340. The summed E-state index contributed by atoms with van der Waals surface area (Å²) in [6.45, 7) is 0.679. The van der Waals surface area contributed by atoms with E-state index in [9.17, 15) is 4.79 Å². The molecule has 1 saturated heterocycles. The second kappa shape index (κ2) is 5.27. The van der Waals surface area contributed by atoms with Crippen LogP contribution < -0.4 is 11.1 Å². The number of alkyl carbamates (subject to hydrolysis) is 1. The molecule has 1 aliphatic heterocycles. The van der Waals surface area contributed by atoms with Crippen molar-refractivity contribution >= 4 is 17.9 Å². The number of amides is 1. The molecule has 4 nitrogen and oxygen atoms in total. The van der Waals surface area contributed by atoms with Gasteiger partial charge in [0.1, 0.15) is 6.61 Å². The Hall–Kier alpha value is -0.420. The van der Waals surface area contributed by atoms with Crippen LogP contribution in [0.4, 0.5) is 4.79 Å². The molecule has 0 saturated carbocycles. The predicted molar refractivity (Wildman–Crippen MR) is 49.3 cm³/mol. The molecule has 70 valence electrons. The van der Waals surface area contributed by atoms with E-state index in [0.717, 1.165) is 17.9 Å². The van der Waals surface area contributed by atoms with E-state index < -0.39 is 0 Å². The van der Waals surface area contributed by atoms with Crippen LogP contribution in [0.15, 0.2) is 0 Å². The normalized spacial score (nSPS) is 22.2. The molecule has 5 heteroatoms. The molecule has 1 amide bonds. The molecule has 1 rings (SSSR count). The summed E-state index contributed by atoms with van der Waals surface area (Å²) >= 11 is 1.85. The van der Waals surface area contributed by atoms with Crippen molar-refractivity contribution in [3.8, 4) is 0 Å². The van der Waals surface area contributed by atoms with Crippen molar-refractivity contribution in [2.24, 2.45) is 5.73 Å². The van der Waals surface area contributed by atoms with Gasteiger partial charge in [0.05, 0.1) is 0 Å². The summed E-state index contributed by atoms with van der Waals surface area (Å²) in [7, 11) is 0. The summed E-state index contributed by atoms with van der Waals surface area (Å²) in [6, 6.07) is 0.292. The molecule has 1 unspecified atom stereocenters. The fourth-order valence-corrected chi connectivity index (χ4v) is 2.16. The van der Waals surface area contributed by atoms with Gasteiger partial charge in [-0.2, -0.15) is 11.8 Å². The Morgan fingerprint density at radius 2 is 2.58 bits per heavy atom. The van der Waals surface area contributed by atoms with Crippen molar-refractivity contribution in [1.29, 1.82) is 0 Å². The zero-order valence-electron chi connectivity index (χ0n) is 6.91. The zero-order chi connectivity index (χ0) is 8.81. The van der Waals surface area contributed by atoms with Crippen LogP contribution in [-0.4, -0.2) is 36.8 Å². The summed E-state index contributed by atoms with van der Waals surface area (Å²) in [6.07, 6.45) is 0.704. The molecule has 0 aromatic rings. The van der Waals surface area contributed by atoms with E-state index in [2.05, 4.69) is 5.32 Å². The Morgan fingerprint density at radius 1 is 1.75 bits per heavy atom. The van der Waals surface area contributed by atoms with Gasteiger partial charge in [0.15, 0.2) is 0 Å². The lowest BCUT2D eigenvalue weighted by molar-refractivity contribution is 0.146. The van der Waals surface area contributed by atoms with Crippen LogP contribution in [-0.2, 0) is 4.74 Å². The van der Waals surface area contributed by atoms with Crippen molar-refractivity contribution in [2.75, 3.05) is 24.7 Å². The molecule has 3 N–H and O–H groups in total. The van der Waals surface area contributed by atoms with Crippen LogP contribution in [0, 0.1) is 0 Å². The molecule has 1 heterocycles. The molecule has 0 spiro atoms. The van der Waals surface area contributed by atoms with Gasteiger partial charge in [-0.15, -0.1) is 0 Å². The van der Waals surface area contributed by atoms with E-state index in [1.165, 1.54) is 0 Å². The minimum Gasteiger partial charge on any atom is -0.448 e. The van der Waals surface area contributed by atoms with E-state index in [1.54, 1.807) is 0 Å². The molecular formula is C7H14N2O2S. The predicted octanol–water partition coefficient (Wildman–Crippen LogP) is 0.177. The molecule has 1 aliphatic rings. The first-order valence-corrected chi connectivity index (χ1v) is 5.19. The lowest BCUT2D eigenvalue weighted by atomic mass is 10.3. The maximum atomic E-state index is 11.0. The first-order chi connectivity index (χ1) is 5.83. The van der Waals surface area contributed by atoms with Gasteiger partial charge in [-0.25, -0.2) is 4.79 Å².